The zero-order valence-corrected chi connectivity index (χ0v) is 20.8. The topological polar surface area (TPSA) is 51.5 Å². The van der Waals surface area contributed by atoms with Gasteiger partial charge in [-0.3, -0.25) is 9.59 Å². The Labute approximate surface area is 217 Å². The van der Waals surface area contributed by atoms with Crippen LogP contribution in [0, 0.1) is 13.8 Å². The minimum absolute atomic E-state index is 0.144. The van der Waals surface area contributed by atoms with Crippen LogP contribution in [0.4, 0.5) is 18.9 Å². The molecule has 5 nitrogen and oxygen atoms in total. The third kappa shape index (κ3) is 4.18. The zero-order chi connectivity index (χ0) is 27.2. The average Bonchev–Trinajstić information content (AvgIpc) is 3.18. The maximum absolute atomic E-state index is 13.8. The monoisotopic (exact) mass is 516 g/mol. The van der Waals surface area contributed by atoms with E-state index in [1.165, 1.54) is 12.1 Å². The molecule has 5 rings (SSSR count). The lowest BCUT2D eigenvalue weighted by molar-refractivity contribution is -0.137. The van der Waals surface area contributed by atoms with E-state index in [1.54, 1.807) is 37.5 Å². The minimum atomic E-state index is -4.62. The van der Waals surface area contributed by atoms with E-state index in [9.17, 15) is 22.8 Å². The van der Waals surface area contributed by atoms with Crippen molar-refractivity contribution in [1.82, 2.24) is 4.57 Å². The van der Waals surface area contributed by atoms with Crippen LogP contribution in [-0.4, -0.2) is 23.5 Å². The van der Waals surface area contributed by atoms with Crippen LogP contribution in [0.15, 0.2) is 78.9 Å². The lowest BCUT2D eigenvalue weighted by Crippen LogP contribution is -2.41. The molecule has 38 heavy (non-hydrogen) atoms. The van der Waals surface area contributed by atoms with Gasteiger partial charge in [0, 0.05) is 22.5 Å². The fourth-order valence-electron chi connectivity index (χ4n) is 4.82. The van der Waals surface area contributed by atoms with Crippen LogP contribution < -0.4 is 9.64 Å². The van der Waals surface area contributed by atoms with Gasteiger partial charge in [-0.15, -0.1) is 0 Å². The summed E-state index contributed by atoms with van der Waals surface area (Å²) in [6, 6.07) is 20.3. The van der Waals surface area contributed by atoms with Crippen molar-refractivity contribution in [3.8, 4) is 11.4 Å². The Morgan fingerprint density at radius 3 is 2.21 bits per heavy atom. The van der Waals surface area contributed by atoms with Crippen LogP contribution in [0.5, 0.6) is 5.75 Å². The predicted molar refractivity (Wildman–Crippen MR) is 139 cm³/mol. The van der Waals surface area contributed by atoms with Gasteiger partial charge in [-0.05, 0) is 73.5 Å². The number of fused-ring (bicyclic) bond motifs is 1. The number of hydrogen-bond acceptors (Lipinski definition) is 3. The number of aromatic nitrogens is 1. The molecule has 0 radical (unpaired) electrons. The Hall–Kier alpha value is -4.59. The van der Waals surface area contributed by atoms with Crippen LogP contribution in [0.1, 0.15) is 38.4 Å². The molecule has 8 heteroatoms. The Balaban J connectivity index is 1.67. The number of rotatable bonds is 4. The summed E-state index contributed by atoms with van der Waals surface area (Å²) in [4.78, 5) is 27.9. The number of amides is 2. The fraction of sp³-hybridized carbons (Fsp3) is 0.133. The average molecular weight is 517 g/mol. The normalized spacial score (nSPS) is 14.7. The van der Waals surface area contributed by atoms with Crippen molar-refractivity contribution >= 4 is 29.2 Å². The number of nitrogens with zero attached hydrogens (tertiary/aromatic N) is 2. The number of alkyl halides is 3. The van der Waals surface area contributed by atoms with Crippen molar-refractivity contribution in [1.29, 1.82) is 0 Å². The van der Waals surface area contributed by atoms with Crippen LogP contribution >= 0.6 is 0 Å². The molecule has 1 aromatic heterocycles. The minimum Gasteiger partial charge on any atom is -0.495 e. The highest BCUT2D eigenvalue weighted by Crippen LogP contribution is 2.37. The van der Waals surface area contributed by atoms with Gasteiger partial charge in [0.15, 0.2) is 0 Å². The lowest BCUT2D eigenvalue weighted by atomic mass is 9.91. The van der Waals surface area contributed by atoms with Crippen LogP contribution in [0.3, 0.4) is 0 Å². The fourth-order valence-corrected chi connectivity index (χ4v) is 4.82. The quantitative estimate of drug-likeness (QED) is 0.220. The van der Waals surface area contributed by atoms with E-state index >= 15 is 0 Å². The van der Waals surface area contributed by atoms with E-state index in [0.29, 0.717) is 11.3 Å². The molecule has 0 atom stereocenters. The Bertz CT molecular complexity index is 1620. The van der Waals surface area contributed by atoms with Gasteiger partial charge in [0.1, 0.15) is 5.75 Å². The number of aryl methyl sites for hydroxylation is 1. The Morgan fingerprint density at radius 2 is 1.50 bits per heavy atom. The number of hydrogen-bond donors (Lipinski definition) is 0. The summed E-state index contributed by atoms with van der Waals surface area (Å²) in [5, 5.41) is 0. The van der Waals surface area contributed by atoms with Gasteiger partial charge < -0.3 is 9.30 Å². The predicted octanol–water partition coefficient (Wildman–Crippen LogP) is 6.85. The molecule has 0 saturated carbocycles. The number of anilines is 1. The number of ether oxygens (including phenoxy) is 1. The summed E-state index contributed by atoms with van der Waals surface area (Å²) in [7, 11) is 1.59. The van der Waals surface area contributed by atoms with E-state index in [4.69, 9.17) is 4.74 Å². The zero-order valence-electron chi connectivity index (χ0n) is 20.8. The van der Waals surface area contributed by atoms with Crippen molar-refractivity contribution in [2.75, 3.05) is 12.0 Å². The van der Waals surface area contributed by atoms with Gasteiger partial charge in [0.2, 0.25) is 0 Å². The number of imide groups is 1. The van der Waals surface area contributed by atoms with E-state index in [1.807, 2.05) is 48.7 Å². The van der Waals surface area contributed by atoms with Gasteiger partial charge in [0.25, 0.3) is 11.8 Å². The first-order valence-electron chi connectivity index (χ1n) is 11.8. The molecule has 1 aliphatic heterocycles. The second-order valence-electron chi connectivity index (χ2n) is 8.93. The number of benzene rings is 3. The van der Waals surface area contributed by atoms with Gasteiger partial charge in [0.05, 0.1) is 24.0 Å². The number of carbonyl (C=O) groups is 2. The molecular formula is C30H23F3N2O3. The Morgan fingerprint density at radius 1 is 0.816 bits per heavy atom. The number of para-hydroxylation sites is 2. The highest BCUT2D eigenvalue weighted by atomic mass is 19.4. The first-order chi connectivity index (χ1) is 18.1. The third-order valence-corrected chi connectivity index (χ3v) is 6.61. The highest BCUT2D eigenvalue weighted by Gasteiger charge is 2.37. The van der Waals surface area contributed by atoms with Crippen LogP contribution in [0.2, 0.25) is 0 Å². The van der Waals surface area contributed by atoms with Crippen molar-refractivity contribution in [2.24, 2.45) is 0 Å². The van der Waals surface area contributed by atoms with Crippen LogP contribution in [0.25, 0.3) is 17.3 Å². The molecule has 2 amide bonds. The summed E-state index contributed by atoms with van der Waals surface area (Å²) in [5.74, 6) is -0.703. The largest absolute Gasteiger partial charge is 0.495 e. The molecule has 192 valence electrons. The Kier molecular flexibility index (Phi) is 6.18. The van der Waals surface area contributed by atoms with E-state index < -0.39 is 23.6 Å². The molecule has 2 heterocycles. The summed E-state index contributed by atoms with van der Waals surface area (Å²) in [6.45, 7) is 3.83. The number of halogens is 3. The van der Waals surface area contributed by atoms with E-state index in [2.05, 4.69) is 0 Å². The number of methoxy groups -OCH3 is 1. The molecule has 1 aliphatic rings. The van der Waals surface area contributed by atoms with E-state index in [0.717, 1.165) is 39.7 Å². The third-order valence-electron chi connectivity index (χ3n) is 6.61. The summed E-state index contributed by atoms with van der Waals surface area (Å²) < 4.78 is 47.7. The maximum atomic E-state index is 13.8. The second-order valence-corrected chi connectivity index (χ2v) is 8.93. The first-order valence-corrected chi connectivity index (χ1v) is 11.8. The van der Waals surface area contributed by atoms with E-state index in [-0.39, 0.29) is 16.8 Å². The maximum Gasteiger partial charge on any atom is 0.416 e. The molecular weight excluding hydrogens is 493 g/mol. The molecule has 0 bridgehead atoms. The van der Waals surface area contributed by atoms with Crippen molar-refractivity contribution in [2.45, 2.75) is 20.0 Å². The van der Waals surface area contributed by atoms with Gasteiger partial charge in [-0.1, -0.05) is 36.4 Å². The molecule has 0 N–H and O–H groups in total. The molecule has 0 fully saturated rings. The van der Waals surface area contributed by atoms with Crippen molar-refractivity contribution in [3.05, 3.63) is 113 Å². The van der Waals surface area contributed by atoms with Crippen molar-refractivity contribution in [3.63, 3.8) is 0 Å². The summed E-state index contributed by atoms with van der Waals surface area (Å²) >= 11 is 0. The summed E-state index contributed by atoms with van der Waals surface area (Å²) in [5.41, 5.74) is 3.04. The van der Waals surface area contributed by atoms with Gasteiger partial charge in [-0.25, -0.2) is 4.90 Å². The van der Waals surface area contributed by atoms with Crippen LogP contribution in [-0.2, 0) is 11.0 Å². The highest BCUT2D eigenvalue weighted by molar-refractivity contribution is 6.43. The SMILES string of the molecule is COc1ccccc1-n1c(C)cc(C=C2C(=O)N(c3cccc(C(F)(F)F)c3)C(=O)c3ccccc32)c1C. The van der Waals surface area contributed by atoms with Crippen molar-refractivity contribution < 1.29 is 27.5 Å². The lowest BCUT2D eigenvalue weighted by Gasteiger charge is -2.29. The molecule has 0 spiro atoms. The number of carbonyl (C=O) groups excluding carboxylic acids is 2. The molecule has 4 aromatic rings. The smallest absolute Gasteiger partial charge is 0.416 e. The molecule has 0 saturated heterocycles. The molecule has 0 unspecified atom stereocenters. The van der Waals surface area contributed by atoms with Gasteiger partial charge in [-0.2, -0.15) is 13.2 Å². The summed E-state index contributed by atoms with van der Waals surface area (Å²) in [6.07, 6.45) is -2.94. The standard InChI is InChI=1S/C30H23F3N2O3/c1-18-15-20(19(2)34(18)26-13-6-7-14-27(26)38-3)16-25-23-11-4-5-12-24(23)28(36)35(29(25)37)22-10-8-9-21(17-22)30(31,32)33/h4-17H,1-3H3. The second kappa shape index (κ2) is 9.37. The molecule has 3 aromatic carbocycles. The van der Waals surface area contributed by atoms with Gasteiger partial charge >= 0.3 is 6.18 Å². The first kappa shape index (κ1) is 25.1. The molecule has 0 aliphatic carbocycles.